The Labute approximate surface area is 108 Å². The standard InChI is InChI=1S/C11H10FN5S/c12-9-3-1-2-4-10(9)15-11(18)17-14-7-8-5-6-13-16-8/h1-7H,(H,13,16)(H2,15,17,18). The summed E-state index contributed by atoms with van der Waals surface area (Å²) >= 11 is 4.96. The van der Waals surface area contributed by atoms with Crippen LogP contribution in [-0.4, -0.2) is 21.5 Å². The average molecular weight is 263 g/mol. The van der Waals surface area contributed by atoms with Crippen molar-refractivity contribution in [3.05, 3.63) is 48.0 Å². The van der Waals surface area contributed by atoms with Crippen LogP contribution in [0.2, 0.25) is 0 Å². The first-order valence-electron chi connectivity index (χ1n) is 5.09. The lowest BCUT2D eigenvalue weighted by atomic mass is 10.3. The normalized spacial score (nSPS) is 10.5. The maximum atomic E-state index is 13.3. The smallest absolute Gasteiger partial charge is 0.191 e. The summed E-state index contributed by atoms with van der Waals surface area (Å²) in [6, 6.07) is 7.99. The van der Waals surface area contributed by atoms with E-state index in [0.717, 1.165) is 5.69 Å². The molecule has 0 saturated carbocycles. The number of thiocarbonyl (C=S) groups is 1. The van der Waals surface area contributed by atoms with E-state index in [1.54, 1.807) is 30.5 Å². The topological polar surface area (TPSA) is 65.1 Å². The van der Waals surface area contributed by atoms with Crippen molar-refractivity contribution in [2.24, 2.45) is 5.10 Å². The maximum Gasteiger partial charge on any atom is 0.191 e. The zero-order valence-electron chi connectivity index (χ0n) is 9.22. The zero-order valence-corrected chi connectivity index (χ0v) is 10.0. The van der Waals surface area contributed by atoms with Crippen LogP contribution < -0.4 is 10.7 Å². The molecule has 0 saturated heterocycles. The van der Waals surface area contributed by atoms with Crippen LogP contribution in [0.3, 0.4) is 0 Å². The fourth-order valence-electron chi connectivity index (χ4n) is 1.21. The number of para-hydroxylation sites is 1. The summed E-state index contributed by atoms with van der Waals surface area (Å²) < 4.78 is 13.3. The van der Waals surface area contributed by atoms with E-state index in [4.69, 9.17) is 12.2 Å². The van der Waals surface area contributed by atoms with Crippen molar-refractivity contribution in [1.29, 1.82) is 0 Å². The van der Waals surface area contributed by atoms with Gasteiger partial charge in [-0.1, -0.05) is 12.1 Å². The molecule has 5 nitrogen and oxygen atoms in total. The minimum Gasteiger partial charge on any atom is -0.329 e. The SMILES string of the molecule is Fc1ccccc1NC(=S)NN=Cc1ccn[nH]1. The monoisotopic (exact) mass is 263 g/mol. The van der Waals surface area contributed by atoms with Gasteiger partial charge in [0.25, 0.3) is 0 Å². The second-order valence-corrected chi connectivity index (χ2v) is 3.72. The zero-order chi connectivity index (χ0) is 12.8. The van der Waals surface area contributed by atoms with Gasteiger partial charge in [0, 0.05) is 6.20 Å². The van der Waals surface area contributed by atoms with Gasteiger partial charge in [-0.25, -0.2) is 4.39 Å². The maximum absolute atomic E-state index is 13.3. The molecule has 0 atom stereocenters. The first-order valence-corrected chi connectivity index (χ1v) is 5.50. The molecule has 92 valence electrons. The molecule has 18 heavy (non-hydrogen) atoms. The number of benzene rings is 1. The molecule has 0 unspecified atom stereocenters. The molecule has 0 fully saturated rings. The number of halogens is 1. The van der Waals surface area contributed by atoms with Crippen molar-refractivity contribution >= 4 is 29.2 Å². The van der Waals surface area contributed by atoms with Gasteiger partial charge < -0.3 is 5.32 Å². The van der Waals surface area contributed by atoms with Crippen LogP contribution in [0.25, 0.3) is 0 Å². The van der Waals surface area contributed by atoms with Crippen molar-refractivity contribution in [3.8, 4) is 0 Å². The van der Waals surface area contributed by atoms with Crippen LogP contribution >= 0.6 is 12.2 Å². The number of rotatable bonds is 3. The highest BCUT2D eigenvalue weighted by atomic mass is 32.1. The predicted octanol–water partition coefficient (Wildman–Crippen LogP) is 1.87. The predicted molar refractivity (Wildman–Crippen MR) is 71.9 cm³/mol. The van der Waals surface area contributed by atoms with E-state index in [1.165, 1.54) is 12.3 Å². The molecule has 0 spiro atoms. The minimum atomic E-state index is -0.376. The van der Waals surface area contributed by atoms with Gasteiger partial charge in [0.2, 0.25) is 0 Å². The highest BCUT2D eigenvalue weighted by Gasteiger charge is 2.01. The van der Waals surface area contributed by atoms with Crippen molar-refractivity contribution in [3.63, 3.8) is 0 Å². The third kappa shape index (κ3) is 3.36. The van der Waals surface area contributed by atoms with E-state index in [0.29, 0.717) is 5.69 Å². The molecule has 0 bridgehead atoms. The molecule has 1 aromatic heterocycles. The molecule has 3 N–H and O–H groups in total. The summed E-state index contributed by atoms with van der Waals surface area (Å²) in [5, 5.41) is 13.2. The first-order chi connectivity index (χ1) is 8.75. The second-order valence-electron chi connectivity index (χ2n) is 3.32. The molecule has 0 aliphatic rings. The lowest BCUT2D eigenvalue weighted by Crippen LogP contribution is -2.24. The Balaban J connectivity index is 1.88. The largest absolute Gasteiger partial charge is 0.329 e. The molecular weight excluding hydrogens is 253 g/mol. The third-order valence-corrected chi connectivity index (χ3v) is 2.21. The Morgan fingerprint density at radius 3 is 2.94 bits per heavy atom. The van der Waals surface area contributed by atoms with Crippen LogP contribution in [0.15, 0.2) is 41.6 Å². The van der Waals surface area contributed by atoms with Crippen molar-refractivity contribution in [2.75, 3.05) is 5.32 Å². The van der Waals surface area contributed by atoms with Crippen LogP contribution in [-0.2, 0) is 0 Å². The van der Waals surface area contributed by atoms with E-state index >= 15 is 0 Å². The van der Waals surface area contributed by atoms with Gasteiger partial charge in [-0.05, 0) is 30.4 Å². The number of nitrogens with zero attached hydrogens (tertiary/aromatic N) is 2. The molecule has 7 heteroatoms. The Morgan fingerprint density at radius 1 is 1.39 bits per heavy atom. The Morgan fingerprint density at radius 2 is 2.22 bits per heavy atom. The van der Waals surface area contributed by atoms with Crippen LogP contribution in [0, 0.1) is 5.82 Å². The average Bonchev–Trinajstić information content (AvgIpc) is 2.85. The van der Waals surface area contributed by atoms with Gasteiger partial charge >= 0.3 is 0 Å². The lowest BCUT2D eigenvalue weighted by molar-refractivity contribution is 0.632. The van der Waals surface area contributed by atoms with Gasteiger partial charge in [-0.15, -0.1) is 0 Å². The second kappa shape index (κ2) is 5.87. The van der Waals surface area contributed by atoms with Gasteiger partial charge in [0.05, 0.1) is 17.6 Å². The number of H-pyrrole nitrogens is 1. The number of hydrogen-bond donors (Lipinski definition) is 3. The highest BCUT2D eigenvalue weighted by Crippen LogP contribution is 2.11. The van der Waals surface area contributed by atoms with E-state index in [2.05, 4.69) is 26.0 Å². The molecule has 0 amide bonds. The van der Waals surface area contributed by atoms with Gasteiger partial charge in [-0.2, -0.15) is 10.2 Å². The molecule has 2 rings (SSSR count). The van der Waals surface area contributed by atoms with Gasteiger partial charge in [0.1, 0.15) is 5.82 Å². The fourth-order valence-corrected chi connectivity index (χ4v) is 1.37. The van der Waals surface area contributed by atoms with Crippen LogP contribution in [0.1, 0.15) is 5.69 Å². The van der Waals surface area contributed by atoms with E-state index < -0.39 is 0 Å². The quantitative estimate of drug-likeness (QED) is 0.449. The summed E-state index contributed by atoms with van der Waals surface area (Å²) in [6.45, 7) is 0. The van der Waals surface area contributed by atoms with E-state index in [9.17, 15) is 4.39 Å². The Bertz CT molecular complexity index is 552. The highest BCUT2D eigenvalue weighted by molar-refractivity contribution is 7.80. The molecule has 1 heterocycles. The molecule has 0 aliphatic heterocycles. The summed E-state index contributed by atoms with van der Waals surface area (Å²) in [5.74, 6) is -0.376. The molecule has 0 aliphatic carbocycles. The number of hydrogen-bond acceptors (Lipinski definition) is 3. The molecule has 1 aromatic carbocycles. The molecular formula is C11H10FN5S. The number of aromatic amines is 1. The summed E-state index contributed by atoms with van der Waals surface area (Å²) in [5.41, 5.74) is 3.60. The summed E-state index contributed by atoms with van der Waals surface area (Å²) in [6.07, 6.45) is 3.12. The molecule has 0 radical (unpaired) electrons. The first kappa shape index (κ1) is 12.2. The lowest BCUT2D eigenvalue weighted by Gasteiger charge is -2.07. The number of aromatic nitrogens is 2. The van der Waals surface area contributed by atoms with Crippen LogP contribution in [0.5, 0.6) is 0 Å². The van der Waals surface area contributed by atoms with Gasteiger partial charge in [0.15, 0.2) is 5.11 Å². The number of nitrogens with one attached hydrogen (secondary N) is 3. The van der Waals surface area contributed by atoms with E-state index in [1.807, 2.05) is 0 Å². The van der Waals surface area contributed by atoms with E-state index in [-0.39, 0.29) is 10.9 Å². The summed E-state index contributed by atoms with van der Waals surface area (Å²) in [7, 11) is 0. The third-order valence-electron chi connectivity index (χ3n) is 2.01. The number of anilines is 1. The minimum absolute atomic E-state index is 0.205. The van der Waals surface area contributed by atoms with Crippen molar-refractivity contribution in [2.45, 2.75) is 0 Å². The van der Waals surface area contributed by atoms with Gasteiger partial charge in [-0.3, -0.25) is 10.5 Å². The molecule has 2 aromatic rings. The van der Waals surface area contributed by atoms with Crippen LogP contribution in [0.4, 0.5) is 10.1 Å². The fraction of sp³-hybridized carbons (Fsp3) is 0. The Hall–Kier alpha value is -2.28. The summed E-state index contributed by atoms with van der Waals surface area (Å²) in [4.78, 5) is 0. The Kier molecular flexibility index (Phi) is 3.98. The van der Waals surface area contributed by atoms with Crippen molar-refractivity contribution < 1.29 is 4.39 Å². The van der Waals surface area contributed by atoms with Crippen molar-refractivity contribution in [1.82, 2.24) is 15.6 Å². The number of hydrazone groups is 1.